The Bertz CT molecular complexity index is 1230. The van der Waals surface area contributed by atoms with Gasteiger partial charge in [0.25, 0.3) is 0 Å². The Kier molecular flexibility index (Phi) is 5.64. The summed E-state index contributed by atoms with van der Waals surface area (Å²) >= 11 is 1.39. The minimum absolute atomic E-state index is 0.000122. The van der Waals surface area contributed by atoms with Crippen molar-refractivity contribution in [3.05, 3.63) is 96.3 Å². The molecule has 160 valence electrons. The van der Waals surface area contributed by atoms with Gasteiger partial charge in [0, 0.05) is 5.69 Å². The summed E-state index contributed by atoms with van der Waals surface area (Å²) in [5.74, 6) is 1.74. The van der Waals surface area contributed by atoms with Gasteiger partial charge in [0.05, 0.1) is 17.5 Å². The lowest BCUT2D eigenvalue weighted by Gasteiger charge is -2.37. The van der Waals surface area contributed by atoms with Crippen molar-refractivity contribution in [2.45, 2.75) is 18.1 Å². The number of carbonyl (C=O) groups excluding carboxylic acids is 1. The quantitative estimate of drug-likeness (QED) is 0.414. The molecule has 2 heterocycles. The highest BCUT2D eigenvalue weighted by Gasteiger charge is 2.33. The van der Waals surface area contributed by atoms with Gasteiger partial charge in [-0.25, -0.2) is 0 Å². The summed E-state index contributed by atoms with van der Waals surface area (Å²) in [7, 11) is 0. The summed E-state index contributed by atoms with van der Waals surface area (Å²) in [5, 5.41) is 9.23. The van der Waals surface area contributed by atoms with Crippen LogP contribution in [0.2, 0.25) is 0 Å². The third kappa shape index (κ3) is 3.87. The minimum Gasteiger partial charge on any atom is -0.489 e. The van der Waals surface area contributed by atoms with E-state index in [1.807, 2.05) is 101 Å². The van der Waals surface area contributed by atoms with E-state index in [4.69, 9.17) is 4.74 Å². The molecule has 1 aromatic heterocycles. The number of anilines is 1. The van der Waals surface area contributed by atoms with Crippen LogP contribution < -0.4 is 9.64 Å². The number of hydrogen-bond donors (Lipinski definition) is 0. The Hall–Kier alpha value is -3.58. The normalized spacial score (nSPS) is 15.2. The lowest BCUT2D eigenvalue weighted by molar-refractivity contribution is -0.117. The molecule has 0 saturated carbocycles. The van der Waals surface area contributed by atoms with Crippen LogP contribution in [0.4, 0.5) is 5.69 Å². The average Bonchev–Trinajstić information content (AvgIpc) is 3.23. The highest BCUT2D eigenvalue weighted by atomic mass is 32.2. The van der Waals surface area contributed by atoms with E-state index in [1.165, 1.54) is 11.8 Å². The van der Waals surface area contributed by atoms with Crippen LogP contribution in [0.3, 0.4) is 0 Å². The molecule has 32 heavy (non-hydrogen) atoms. The number of aryl methyl sites for hydroxylation is 1. The molecule has 5 rings (SSSR count). The summed E-state index contributed by atoms with van der Waals surface area (Å²) < 4.78 is 7.96. The van der Waals surface area contributed by atoms with Crippen LogP contribution in [0.5, 0.6) is 5.75 Å². The van der Waals surface area contributed by atoms with Crippen LogP contribution in [-0.2, 0) is 4.79 Å². The summed E-state index contributed by atoms with van der Waals surface area (Å²) in [5.41, 5.74) is 2.81. The molecule has 0 saturated heterocycles. The third-order valence-electron chi connectivity index (χ3n) is 5.42. The molecule has 3 aromatic carbocycles. The van der Waals surface area contributed by atoms with Crippen molar-refractivity contribution in [2.24, 2.45) is 0 Å². The largest absolute Gasteiger partial charge is 0.489 e. The number of rotatable bonds is 5. The zero-order valence-corrected chi connectivity index (χ0v) is 18.4. The van der Waals surface area contributed by atoms with Gasteiger partial charge < -0.3 is 4.74 Å². The maximum atomic E-state index is 13.6. The summed E-state index contributed by atoms with van der Waals surface area (Å²) in [4.78, 5) is 15.4. The van der Waals surface area contributed by atoms with E-state index in [9.17, 15) is 4.79 Å². The second-order valence-electron chi connectivity index (χ2n) is 7.46. The number of carbonyl (C=O) groups is 1. The van der Waals surface area contributed by atoms with Crippen LogP contribution >= 0.6 is 11.8 Å². The Balaban J connectivity index is 1.43. The van der Waals surface area contributed by atoms with Gasteiger partial charge >= 0.3 is 0 Å². The van der Waals surface area contributed by atoms with Crippen molar-refractivity contribution in [3.8, 4) is 11.4 Å². The van der Waals surface area contributed by atoms with E-state index in [2.05, 4.69) is 10.2 Å². The molecule has 0 bridgehead atoms. The zero-order valence-electron chi connectivity index (χ0n) is 17.6. The molecule has 0 spiro atoms. The van der Waals surface area contributed by atoms with Gasteiger partial charge in [0.2, 0.25) is 5.91 Å². The highest BCUT2D eigenvalue weighted by molar-refractivity contribution is 7.99. The van der Waals surface area contributed by atoms with Gasteiger partial charge in [-0.05, 0) is 36.8 Å². The number of para-hydroxylation sites is 3. The van der Waals surface area contributed by atoms with Gasteiger partial charge in [-0.15, -0.1) is 10.2 Å². The predicted octanol–water partition coefficient (Wildman–Crippen LogP) is 4.83. The Labute approximate surface area is 190 Å². The fourth-order valence-corrected chi connectivity index (χ4v) is 4.78. The van der Waals surface area contributed by atoms with Gasteiger partial charge in [0.15, 0.2) is 5.16 Å². The van der Waals surface area contributed by atoms with Gasteiger partial charge in [-0.3, -0.25) is 14.3 Å². The minimum atomic E-state index is -0.187. The molecule has 7 heteroatoms. The number of fused-ring (bicyclic) bond motifs is 1. The number of aromatic nitrogens is 3. The van der Waals surface area contributed by atoms with Crippen LogP contribution in [0.1, 0.15) is 17.4 Å². The fourth-order valence-electron chi connectivity index (χ4n) is 3.92. The first-order chi connectivity index (χ1) is 15.7. The van der Waals surface area contributed by atoms with Crippen molar-refractivity contribution in [2.75, 3.05) is 17.3 Å². The highest BCUT2D eigenvalue weighted by Crippen LogP contribution is 2.39. The molecule has 1 aliphatic rings. The average molecular weight is 443 g/mol. The Morgan fingerprint density at radius 1 is 0.969 bits per heavy atom. The van der Waals surface area contributed by atoms with E-state index >= 15 is 0 Å². The standard InChI is InChI=1S/C25H22N4O2S/c1-18-26-27-25(28(18)20-12-6-3-7-13-20)32-17-24(30)29-21-14-8-9-15-23(21)31-16-22(29)19-10-4-2-5-11-19/h2-15,22H,16-17H2,1H3. The molecule has 1 aliphatic heterocycles. The summed E-state index contributed by atoms with van der Waals surface area (Å²) in [6, 6.07) is 27.4. The predicted molar refractivity (Wildman–Crippen MR) is 125 cm³/mol. The van der Waals surface area contributed by atoms with Gasteiger partial charge in [-0.1, -0.05) is 72.4 Å². The lowest BCUT2D eigenvalue weighted by atomic mass is 10.0. The third-order valence-corrected chi connectivity index (χ3v) is 6.33. The first-order valence-electron chi connectivity index (χ1n) is 10.4. The number of ether oxygens (including phenoxy) is 1. The Morgan fingerprint density at radius 2 is 1.66 bits per heavy atom. The van der Waals surface area contributed by atoms with E-state index in [1.54, 1.807) is 0 Å². The topological polar surface area (TPSA) is 60.3 Å². The molecule has 0 N–H and O–H groups in total. The van der Waals surface area contributed by atoms with Crippen molar-refractivity contribution in [1.29, 1.82) is 0 Å². The van der Waals surface area contributed by atoms with Crippen LogP contribution in [0, 0.1) is 6.92 Å². The van der Waals surface area contributed by atoms with Gasteiger partial charge in [-0.2, -0.15) is 0 Å². The second-order valence-corrected chi connectivity index (χ2v) is 8.40. The van der Waals surface area contributed by atoms with Crippen LogP contribution in [-0.4, -0.2) is 33.0 Å². The molecule has 0 fully saturated rings. The number of benzene rings is 3. The number of hydrogen-bond acceptors (Lipinski definition) is 5. The van der Waals surface area contributed by atoms with Gasteiger partial charge in [0.1, 0.15) is 18.2 Å². The molecular weight excluding hydrogens is 420 g/mol. The maximum Gasteiger partial charge on any atom is 0.238 e. The Morgan fingerprint density at radius 3 is 2.44 bits per heavy atom. The number of thioether (sulfide) groups is 1. The summed E-state index contributed by atoms with van der Waals surface area (Å²) in [6.07, 6.45) is 0. The van der Waals surface area contributed by atoms with Crippen molar-refractivity contribution >= 4 is 23.4 Å². The van der Waals surface area contributed by atoms with Crippen molar-refractivity contribution < 1.29 is 9.53 Å². The first-order valence-corrected chi connectivity index (χ1v) is 11.4. The molecule has 0 radical (unpaired) electrons. The fraction of sp³-hybridized carbons (Fsp3) is 0.160. The molecule has 0 aliphatic carbocycles. The van der Waals surface area contributed by atoms with Crippen molar-refractivity contribution in [3.63, 3.8) is 0 Å². The van der Waals surface area contributed by atoms with E-state index < -0.39 is 0 Å². The molecule has 6 nitrogen and oxygen atoms in total. The van der Waals surface area contributed by atoms with Crippen molar-refractivity contribution in [1.82, 2.24) is 14.8 Å². The summed E-state index contributed by atoms with van der Waals surface area (Å²) in [6.45, 7) is 2.33. The maximum absolute atomic E-state index is 13.6. The molecule has 1 amide bonds. The van der Waals surface area contributed by atoms with Crippen LogP contribution in [0.15, 0.2) is 90.1 Å². The first kappa shape index (κ1) is 20.3. The van der Waals surface area contributed by atoms with E-state index in [0.29, 0.717) is 11.8 Å². The lowest BCUT2D eigenvalue weighted by Crippen LogP contribution is -2.42. The molecule has 1 atom stereocenters. The molecule has 1 unspecified atom stereocenters. The van der Waals surface area contributed by atoms with E-state index in [0.717, 1.165) is 28.5 Å². The molecular formula is C25H22N4O2S. The molecule has 4 aromatic rings. The number of nitrogens with zero attached hydrogens (tertiary/aromatic N) is 4. The van der Waals surface area contributed by atoms with E-state index in [-0.39, 0.29) is 17.7 Å². The zero-order chi connectivity index (χ0) is 21.9. The second kappa shape index (κ2) is 8.88. The SMILES string of the molecule is Cc1nnc(SCC(=O)N2c3ccccc3OCC2c2ccccc2)n1-c1ccccc1. The smallest absolute Gasteiger partial charge is 0.238 e. The number of amides is 1. The monoisotopic (exact) mass is 442 g/mol. The van der Waals surface area contributed by atoms with Crippen LogP contribution in [0.25, 0.3) is 5.69 Å².